The molecule has 1 atom stereocenters. The number of rotatable bonds is 9. The zero-order valence-electron chi connectivity index (χ0n) is 11.5. The fourth-order valence-corrected chi connectivity index (χ4v) is 3.52. The number of nitrogens with one attached hydrogen (secondary N) is 1. The maximum atomic E-state index is 12.0. The highest BCUT2D eigenvalue weighted by Gasteiger charge is 2.28. The van der Waals surface area contributed by atoms with Gasteiger partial charge < -0.3 is 10.5 Å². The van der Waals surface area contributed by atoms with Gasteiger partial charge in [-0.1, -0.05) is 33.0 Å². The van der Waals surface area contributed by atoms with Crippen molar-refractivity contribution in [2.24, 2.45) is 11.1 Å². The van der Waals surface area contributed by atoms with Crippen molar-refractivity contribution in [1.82, 2.24) is 4.72 Å². The van der Waals surface area contributed by atoms with Gasteiger partial charge in [0.25, 0.3) is 0 Å². The summed E-state index contributed by atoms with van der Waals surface area (Å²) in [6.45, 7) is 6.66. The van der Waals surface area contributed by atoms with E-state index < -0.39 is 15.3 Å². The third-order valence-electron chi connectivity index (χ3n) is 2.80. The van der Waals surface area contributed by atoms with E-state index in [1.54, 1.807) is 14.0 Å². The van der Waals surface area contributed by atoms with Gasteiger partial charge in [-0.25, -0.2) is 13.1 Å². The molecule has 0 heterocycles. The van der Waals surface area contributed by atoms with Crippen LogP contribution < -0.4 is 10.5 Å². The lowest BCUT2D eigenvalue weighted by Crippen LogP contribution is -2.44. The van der Waals surface area contributed by atoms with Gasteiger partial charge in [0.2, 0.25) is 10.0 Å². The molecule has 0 aliphatic heterocycles. The molecule has 7 heteroatoms. The van der Waals surface area contributed by atoms with Crippen molar-refractivity contribution in [3.63, 3.8) is 0 Å². The first-order valence-corrected chi connectivity index (χ1v) is 7.88. The van der Waals surface area contributed by atoms with Crippen molar-refractivity contribution in [3.05, 3.63) is 0 Å². The van der Waals surface area contributed by atoms with Gasteiger partial charge in [0.1, 0.15) is 5.25 Å². The molecular formula is C11H24N2O3S2. The predicted molar refractivity (Wildman–Crippen MR) is 78.1 cm³/mol. The van der Waals surface area contributed by atoms with Gasteiger partial charge in [0, 0.05) is 20.3 Å². The van der Waals surface area contributed by atoms with E-state index in [-0.39, 0.29) is 10.4 Å². The minimum atomic E-state index is -3.49. The molecule has 0 aromatic carbocycles. The summed E-state index contributed by atoms with van der Waals surface area (Å²) in [6.07, 6.45) is 1.15. The van der Waals surface area contributed by atoms with Crippen molar-refractivity contribution in [3.8, 4) is 0 Å². The third kappa shape index (κ3) is 6.08. The van der Waals surface area contributed by atoms with Gasteiger partial charge in [-0.3, -0.25) is 0 Å². The number of methoxy groups -OCH3 is 1. The Bertz CT molecular complexity index is 366. The summed E-state index contributed by atoms with van der Waals surface area (Å²) in [6, 6.07) is 0. The molecule has 0 spiro atoms. The smallest absolute Gasteiger partial charge is 0.221 e. The van der Waals surface area contributed by atoms with E-state index >= 15 is 0 Å². The third-order valence-corrected chi connectivity index (χ3v) is 5.11. The number of hydrogen-bond acceptors (Lipinski definition) is 4. The summed E-state index contributed by atoms with van der Waals surface area (Å²) in [5.41, 5.74) is 5.28. The van der Waals surface area contributed by atoms with Crippen molar-refractivity contribution in [1.29, 1.82) is 0 Å². The molecule has 0 bridgehead atoms. The fraction of sp³-hybridized carbons (Fsp3) is 0.909. The fourth-order valence-electron chi connectivity index (χ4n) is 1.44. The van der Waals surface area contributed by atoms with Crippen LogP contribution in [0.25, 0.3) is 0 Å². The summed E-state index contributed by atoms with van der Waals surface area (Å²) in [5, 5.41) is -0.800. The maximum absolute atomic E-state index is 12.0. The van der Waals surface area contributed by atoms with Crippen molar-refractivity contribution < 1.29 is 13.2 Å². The Hall–Kier alpha value is -0.240. The van der Waals surface area contributed by atoms with Crippen molar-refractivity contribution >= 4 is 27.2 Å². The zero-order valence-corrected chi connectivity index (χ0v) is 13.2. The first-order chi connectivity index (χ1) is 8.16. The standard InChI is InChI=1S/C11H24N2O3S2/c1-5-9(10(12)17)18(14,15)13-8-11(2,3)6-7-16-4/h9,13H,5-8H2,1-4H3,(H2,12,17). The van der Waals surface area contributed by atoms with Gasteiger partial charge in [-0.15, -0.1) is 0 Å². The van der Waals surface area contributed by atoms with E-state index in [0.29, 0.717) is 19.6 Å². The summed E-state index contributed by atoms with van der Waals surface area (Å²) < 4.78 is 31.6. The van der Waals surface area contributed by atoms with Crippen LogP contribution in [0.4, 0.5) is 0 Å². The Morgan fingerprint density at radius 1 is 1.50 bits per heavy atom. The maximum Gasteiger partial charge on any atom is 0.221 e. The van der Waals surface area contributed by atoms with Crippen LogP contribution >= 0.6 is 12.2 Å². The Morgan fingerprint density at radius 2 is 2.06 bits per heavy atom. The van der Waals surface area contributed by atoms with Gasteiger partial charge in [0.15, 0.2) is 0 Å². The quantitative estimate of drug-likeness (QED) is 0.621. The molecular weight excluding hydrogens is 272 g/mol. The van der Waals surface area contributed by atoms with Crippen LogP contribution in [-0.2, 0) is 14.8 Å². The lowest BCUT2D eigenvalue weighted by atomic mass is 9.90. The number of hydrogen-bond donors (Lipinski definition) is 2. The van der Waals surface area contributed by atoms with Crippen LogP contribution in [0.5, 0.6) is 0 Å². The minimum absolute atomic E-state index is 0.0136. The van der Waals surface area contributed by atoms with Gasteiger partial charge >= 0.3 is 0 Å². The summed E-state index contributed by atoms with van der Waals surface area (Å²) in [7, 11) is -1.86. The van der Waals surface area contributed by atoms with Gasteiger partial charge in [-0.05, 0) is 18.3 Å². The van der Waals surface area contributed by atoms with Crippen LogP contribution in [0.2, 0.25) is 0 Å². The second-order valence-corrected chi connectivity index (χ2v) is 7.49. The monoisotopic (exact) mass is 296 g/mol. The molecule has 0 saturated carbocycles. The topological polar surface area (TPSA) is 81.4 Å². The summed E-state index contributed by atoms with van der Waals surface area (Å²) in [4.78, 5) is 0.0136. The number of nitrogens with two attached hydrogens (primary N) is 1. The molecule has 0 radical (unpaired) electrons. The molecule has 0 rings (SSSR count). The first kappa shape index (κ1) is 17.8. The van der Waals surface area contributed by atoms with E-state index in [0.717, 1.165) is 6.42 Å². The van der Waals surface area contributed by atoms with Crippen LogP contribution in [-0.4, -0.2) is 38.9 Å². The lowest BCUT2D eigenvalue weighted by Gasteiger charge is -2.26. The molecule has 0 aliphatic carbocycles. The van der Waals surface area contributed by atoms with Crippen LogP contribution in [0.1, 0.15) is 33.6 Å². The molecule has 3 N–H and O–H groups in total. The van der Waals surface area contributed by atoms with Crippen LogP contribution in [0.15, 0.2) is 0 Å². The van der Waals surface area contributed by atoms with E-state index in [1.165, 1.54) is 0 Å². The van der Waals surface area contributed by atoms with Crippen molar-refractivity contribution in [2.75, 3.05) is 20.3 Å². The van der Waals surface area contributed by atoms with E-state index in [9.17, 15) is 8.42 Å². The molecule has 0 saturated heterocycles. The summed E-state index contributed by atoms with van der Waals surface area (Å²) in [5.74, 6) is 0. The normalized spacial score (nSPS) is 14.4. The first-order valence-electron chi connectivity index (χ1n) is 5.93. The Kier molecular flexibility index (Phi) is 7.28. The lowest BCUT2D eigenvalue weighted by molar-refractivity contribution is 0.153. The molecule has 5 nitrogen and oxygen atoms in total. The van der Waals surface area contributed by atoms with E-state index in [4.69, 9.17) is 22.7 Å². The van der Waals surface area contributed by atoms with Crippen molar-refractivity contribution in [2.45, 2.75) is 38.9 Å². The average molecular weight is 296 g/mol. The Morgan fingerprint density at radius 3 is 2.44 bits per heavy atom. The number of ether oxygens (including phenoxy) is 1. The average Bonchev–Trinajstić information content (AvgIpc) is 2.24. The molecule has 0 fully saturated rings. The Labute approximate surface area is 116 Å². The summed E-state index contributed by atoms with van der Waals surface area (Å²) >= 11 is 4.78. The van der Waals surface area contributed by atoms with E-state index in [1.807, 2.05) is 13.8 Å². The second kappa shape index (κ2) is 7.37. The SMILES string of the molecule is CCC(C(N)=S)S(=O)(=O)NCC(C)(C)CCOC. The minimum Gasteiger partial charge on any atom is -0.392 e. The highest BCUT2D eigenvalue weighted by atomic mass is 32.2. The molecule has 1 unspecified atom stereocenters. The second-order valence-electron chi connectivity index (χ2n) is 5.07. The van der Waals surface area contributed by atoms with Gasteiger partial charge in [0.05, 0.1) is 4.99 Å². The zero-order chi connectivity index (χ0) is 14.4. The highest BCUT2D eigenvalue weighted by Crippen LogP contribution is 2.19. The molecule has 0 aromatic rings. The Balaban J connectivity index is 4.55. The number of thiocarbonyl (C=S) groups is 1. The molecule has 0 amide bonds. The van der Waals surface area contributed by atoms with Crippen LogP contribution in [0.3, 0.4) is 0 Å². The van der Waals surface area contributed by atoms with Gasteiger partial charge in [-0.2, -0.15) is 0 Å². The molecule has 0 aliphatic rings. The molecule has 18 heavy (non-hydrogen) atoms. The predicted octanol–water partition coefficient (Wildman–Crippen LogP) is 1.03. The van der Waals surface area contributed by atoms with Crippen LogP contribution in [0, 0.1) is 5.41 Å². The van der Waals surface area contributed by atoms with E-state index in [2.05, 4.69) is 4.72 Å². The highest BCUT2D eigenvalue weighted by molar-refractivity contribution is 7.93. The molecule has 108 valence electrons. The largest absolute Gasteiger partial charge is 0.392 e. The molecule has 0 aromatic heterocycles. The number of sulfonamides is 1.